The first kappa shape index (κ1) is 17.3. The van der Waals surface area contributed by atoms with E-state index < -0.39 is 5.41 Å². The molecule has 1 heterocycles. The van der Waals surface area contributed by atoms with E-state index >= 15 is 0 Å². The van der Waals surface area contributed by atoms with Crippen molar-refractivity contribution in [3.63, 3.8) is 0 Å². The van der Waals surface area contributed by atoms with Crippen LogP contribution >= 0.6 is 0 Å². The lowest BCUT2D eigenvalue weighted by Gasteiger charge is -2.39. The molecule has 2 unspecified atom stereocenters. The van der Waals surface area contributed by atoms with Crippen LogP contribution in [0.1, 0.15) is 57.4 Å². The third-order valence-corrected chi connectivity index (χ3v) is 6.21. The Bertz CT molecular complexity index is 747. The maximum atomic E-state index is 12.2. The van der Waals surface area contributed by atoms with Gasteiger partial charge in [-0.1, -0.05) is 31.4 Å². The van der Waals surface area contributed by atoms with Crippen molar-refractivity contribution < 1.29 is 9.53 Å². The Hall–Kier alpha value is -2.17. The summed E-state index contributed by atoms with van der Waals surface area (Å²) in [7, 11) is 1.48. The van der Waals surface area contributed by atoms with Crippen molar-refractivity contribution >= 4 is 23.3 Å². The maximum absolute atomic E-state index is 12.2. The standard InChI is InChI=1S/C21H27N3O2/c1-14-22-18-7-4-3-6-17(18)19(23-14)24-16-10-8-15(9-11-16)21(12-5-13-21)20(25)26-2/h8-11,17-18H,3-7,12-13H2,1-2H3,(H,22,23,24). The number of benzene rings is 1. The molecule has 1 aromatic rings. The van der Waals surface area contributed by atoms with Gasteiger partial charge >= 0.3 is 5.97 Å². The van der Waals surface area contributed by atoms with Gasteiger partial charge in [0, 0.05) is 11.6 Å². The average Bonchev–Trinajstić information content (AvgIpc) is 2.62. The van der Waals surface area contributed by atoms with Gasteiger partial charge < -0.3 is 10.1 Å². The van der Waals surface area contributed by atoms with Gasteiger partial charge in [0.25, 0.3) is 0 Å². The molecule has 3 aliphatic rings. The molecule has 2 saturated carbocycles. The first-order chi connectivity index (χ1) is 12.6. The summed E-state index contributed by atoms with van der Waals surface area (Å²) in [6.07, 6.45) is 7.64. The van der Waals surface area contributed by atoms with Gasteiger partial charge in [-0.2, -0.15) is 0 Å². The van der Waals surface area contributed by atoms with Crippen LogP contribution in [-0.4, -0.2) is 30.8 Å². The summed E-state index contributed by atoms with van der Waals surface area (Å²) in [6, 6.07) is 8.60. The van der Waals surface area contributed by atoms with Crippen molar-refractivity contribution in [1.82, 2.24) is 0 Å². The molecule has 2 atom stereocenters. The molecule has 5 heteroatoms. The van der Waals surface area contributed by atoms with E-state index in [4.69, 9.17) is 9.73 Å². The van der Waals surface area contributed by atoms with Crippen LogP contribution in [0, 0.1) is 5.92 Å². The average molecular weight is 353 g/mol. The minimum Gasteiger partial charge on any atom is -0.468 e. The van der Waals surface area contributed by atoms with E-state index in [1.807, 2.05) is 6.92 Å². The number of carbonyl (C=O) groups is 1. The monoisotopic (exact) mass is 353 g/mol. The lowest BCUT2D eigenvalue weighted by Crippen LogP contribution is -2.43. The quantitative estimate of drug-likeness (QED) is 0.833. The van der Waals surface area contributed by atoms with Gasteiger partial charge in [-0.3, -0.25) is 9.79 Å². The topological polar surface area (TPSA) is 63.0 Å². The molecule has 4 rings (SSSR count). The van der Waals surface area contributed by atoms with Gasteiger partial charge in [0.05, 0.1) is 18.6 Å². The highest BCUT2D eigenvalue weighted by Crippen LogP contribution is 2.45. The molecule has 1 aromatic carbocycles. The van der Waals surface area contributed by atoms with E-state index in [9.17, 15) is 4.79 Å². The van der Waals surface area contributed by atoms with E-state index in [2.05, 4.69) is 34.6 Å². The maximum Gasteiger partial charge on any atom is 0.316 e. The molecule has 26 heavy (non-hydrogen) atoms. The van der Waals surface area contributed by atoms with Crippen molar-refractivity contribution in [2.45, 2.75) is 63.3 Å². The molecule has 138 valence electrons. The van der Waals surface area contributed by atoms with Gasteiger partial charge in [0.1, 0.15) is 11.7 Å². The summed E-state index contributed by atoms with van der Waals surface area (Å²) in [6.45, 7) is 1.98. The highest BCUT2D eigenvalue weighted by Gasteiger charge is 2.46. The summed E-state index contributed by atoms with van der Waals surface area (Å²) >= 11 is 0. The number of methoxy groups -OCH3 is 1. The number of nitrogens with one attached hydrogen (secondary N) is 1. The number of amidine groups is 2. The molecule has 2 aliphatic carbocycles. The Balaban J connectivity index is 1.53. The molecule has 2 fully saturated rings. The Morgan fingerprint density at radius 2 is 1.88 bits per heavy atom. The summed E-state index contributed by atoms with van der Waals surface area (Å²) < 4.78 is 5.05. The molecule has 0 bridgehead atoms. The van der Waals surface area contributed by atoms with E-state index in [0.29, 0.717) is 12.0 Å². The van der Waals surface area contributed by atoms with Gasteiger partial charge in [-0.15, -0.1) is 0 Å². The first-order valence-electron chi connectivity index (χ1n) is 9.71. The molecule has 0 radical (unpaired) electrons. The predicted octanol–water partition coefficient (Wildman–Crippen LogP) is 4.08. The molecule has 0 saturated heterocycles. The summed E-state index contributed by atoms with van der Waals surface area (Å²) in [4.78, 5) is 21.7. The number of carbonyl (C=O) groups excluding carboxylic acids is 1. The fourth-order valence-corrected chi connectivity index (χ4v) is 4.59. The molecular formula is C21H27N3O2. The molecule has 1 aliphatic heterocycles. The zero-order chi connectivity index (χ0) is 18.1. The van der Waals surface area contributed by atoms with Crippen LogP contribution in [0.15, 0.2) is 34.3 Å². The summed E-state index contributed by atoms with van der Waals surface area (Å²) in [5.74, 6) is 2.20. The fraction of sp³-hybridized carbons (Fsp3) is 0.571. The zero-order valence-electron chi connectivity index (χ0n) is 15.6. The number of esters is 1. The lowest BCUT2D eigenvalue weighted by atomic mass is 9.64. The minimum atomic E-state index is -0.437. The normalized spacial score (nSPS) is 26.7. The van der Waals surface area contributed by atoms with E-state index in [1.54, 1.807) is 0 Å². The van der Waals surface area contributed by atoms with Crippen LogP contribution in [0.25, 0.3) is 0 Å². The second-order valence-electron chi connectivity index (χ2n) is 7.76. The number of hydrogen-bond acceptors (Lipinski definition) is 5. The number of rotatable bonds is 3. The molecule has 0 spiro atoms. The number of anilines is 1. The smallest absolute Gasteiger partial charge is 0.316 e. The third kappa shape index (κ3) is 2.93. The SMILES string of the molecule is COC(=O)C1(c2ccc(NC3=NC(C)=NC4CCCCC34)cc2)CCC1. The highest BCUT2D eigenvalue weighted by molar-refractivity contribution is 6.06. The largest absolute Gasteiger partial charge is 0.468 e. The third-order valence-electron chi connectivity index (χ3n) is 6.21. The second-order valence-corrected chi connectivity index (χ2v) is 7.76. The van der Waals surface area contributed by atoms with Crippen molar-refractivity contribution in [3.8, 4) is 0 Å². The molecule has 5 nitrogen and oxygen atoms in total. The number of nitrogens with zero attached hydrogens (tertiary/aromatic N) is 2. The van der Waals surface area contributed by atoms with Gasteiger partial charge in [-0.25, -0.2) is 4.99 Å². The first-order valence-corrected chi connectivity index (χ1v) is 9.71. The number of fused-ring (bicyclic) bond motifs is 1. The summed E-state index contributed by atoms with van der Waals surface area (Å²) in [5.41, 5.74) is 1.64. The van der Waals surface area contributed by atoms with Crippen molar-refractivity contribution in [2.24, 2.45) is 15.9 Å². The van der Waals surface area contributed by atoms with E-state index in [1.165, 1.54) is 20.0 Å². The van der Waals surface area contributed by atoms with Crippen LogP contribution < -0.4 is 5.32 Å². The van der Waals surface area contributed by atoms with Crippen LogP contribution in [-0.2, 0) is 14.9 Å². The Labute approximate surface area is 155 Å². The molecular weight excluding hydrogens is 326 g/mol. The Morgan fingerprint density at radius 1 is 1.15 bits per heavy atom. The van der Waals surface area contributed by atoms with Crippen LogP contribution in [0.3, 0.4) is 0 Å². The number of aliphatic imine (C=N–C) groups is 2. The van der Waals surface area contributed by atoms with Gasteiger partial charge in [0.2, 0.25) is 0 Å². The molecule has 1 N–H and O–H groups in total. The van der Waals surface area contributed by atoms with E-state index in [0.717, 1.165) is 55.0 Å². The lowest BCUT2D eigenvalue weighted by molar-refractivity contribution is -0.151. The second kappa shape index (κ2) is 6.86. The Kier molecular flexibility index (Phi) is 4.55. The van der Waals surface area contributed by atoms with Crippen molar-refractivity contribution in [2.75, 3.05) is 12.4 Å². The summed E-state index contributed by atoms with van der Waals surface area (Å²) in [5, 5.41) is 3.52. The fourth-order valence-electron chi connectivity index (χ4n) is 4.59. The minimum absolute atomic E-state index is 0.113. The van der Waals surface area contributed by atoms with Crippen LogP contribution in [0.2, 0.25) is 0 Å². The van der Waals surface area contributed by atoms with Crippen molar-refractivity contribution in [3.05, 3.63) is 29.8 Å². The number of hydrogen-bond donors (Lipinski definition) is 1. The van der Waals surface area contributed by atoms with Gasteiger partial charge in [-0.05, 0) is 50.3 Å². The Morgan fingerprint density at radius 3 is 2.54 bits per heavy atom. The van der Waals surface area contributed by atoms with Crippen LogP contribution in [0.5, 0.6) is 0 Å². The number of ether oxygens (including phenoxy) is 1. The zero-order valence-corrected chi connectivity index (χ0v) is 15.6. The van der Waals surface area contributed by atoms with Crippen LogP contribution in [0.4, 0.5) is 5.69 Å². The molecule has 0 aromatic heterocycles. The predicted molar refractivity (Wildman–Crippen MR) is 104 cm³/mol. The molecule has 0 amide bonds. The van der Waals surface area contributed by atoms with E-state index in [-0.39, 0.29) is 5.97 Å². The van der Waals surface area contributed by atoms with Crippen molar-refractivity contribution in [1.29, 1.82) is 0 Å². The highest BCUT2D eigenvalue weighted by atomic mass is 16.5. The van der Waals surface area contributed by atoms with Gasteiger partial charge in [0.15, 0.2) is 0 Å².